The summed E-state index contributed by atoms with van der Waals surface area (Å²) in [7, 11) is 0. The predicted octanol–water partition coefficient (Wildman–Crippen LogP) is 1.02. The minimum Gasteiger partial charge on any atom is -0.396 e. The second kappa shape index (κ2) is 7.43. The Labute approximate surface area is 137 Å². The van der Waals surface area contributed by atoms with Crippen LogP contribution < -0.4 is 5.32 Å². The molecule has 5 nitrogen and oxygen atoms in total. The maximum absolute atomic E-state index is 12.3. The zero-order valence-corrected chi connectivity index (χ0v) is 13.5. The second-order valence-corrected chi connectivity index (χ2v) is 6.90. The number of benzene rings is 1. The number of carbonyl (C=O) groups is 1. The Morgan fingerprint density at radius 2 is 1.96 bits per heavy atom. The lowest BCUT2D eigenvalue weighted by atomic mass is 9.85. The first-order chi connectivity index (χ1) is 11.2. The van der Waals surface area contributed by atoms with Gasteiger partial charge in [0.15, 0.2) is 0 Å². The van der Waals surface area contributed by atoms with Gasteiger partial charge in [-0.3, -0.25) is 4.79 Å². The summed E-state index contributed by atoms with van der Waals surface area (Å²) in [4.78, 5) is 14.7. The number of hydrogen-bond acceptors (Lipinski definition) is 4. The molecule has 23 heavy (non-hydrogen) atoms. The van der Waals surface area contributed by atoms with Crippen molar-refractivity contribution in [1.29, 1.82) is 0 Å². The Morgan fingerprint density at radius 3 is 2.52 bits per heavy atom. The molecule has 0 aromatic heterocycles. The van der Waals surface area contributed by atoms with Crippen LogP contribution in [0.3, 0.4) is 0 Å². The van der Waals surface area contributed by atoms with Crippen molar-refractivity contribution < 1.29 is 14.6 Å². The van der Waals surface area contributed by atoms with Crippen molar-refractivity contribution in [1.82, 2.24) is 10.2 Å². The van der Waals surface area contributed by atoms with Crippen molar-refractivity contribution in [3.05, 3.63) is 35.9 Å². The number of aliphatic hydroxyl groups excluding tert-OH is 1. The molecular weight excluding hydrogens is 292 g/mol. The summed E-state index contributed by atoms with van der Waals surface area (Å²) in [5.74, 6) is 0.273. The fraction of sp³-hybridized carbons (Fsp3) is 0.611. The number of piperidine rings is 1. The van der Waals surface area contributed by atoms with E-state index >= 15 is 0 Å². The van der Waals surface area contributed by atoms with Gasteiger partial charge in [-0.1, -0.05) is 30.3 Å². The molecule has 1 aromatic carbocycles. The zero-order chi connectivity index (χ0) is 16.1. The van der Waals surface area contributed by atoms with Crippen LogP contribution in [0.15, 0.2) is 30.3 Å². The molecule has 0 saturated carbocycles. The van der Waals surface area contributed by atoms with Gasteiger partial charge in [-0.15, -0.1) is 0 Å². The van der Waals surface area contributed by atoms with Gasteiger partial charge in [-0.25, -0.2) is 0 Å². The first kappa shape index (κ1) is 16.4. The number of likely N-dealkylation sites (tertiary alicyclic amines) is 1. The van der Waals surface area contributed by atoms with Crippen molar-refractivity contribution in [2.75, 3.05) is 39.5 Å². The summed E-state index contributed by atoms with van der Waals surface area (Å²) in [5.41, 5.74) is 1.07. The van der Waals surface area contributed by atoms with Crippen LogP contribution in [0.4, 0.5) is 0 Å². The van der Waals surface area contributed by atoms with Gasteiger partial charge in [0.25, 0.3) is 0 Å². The number of nitrogens with one attached hydrogen (secondary N) is 1. The summed E-state index contributed by atoms with van der Waals surface area (Å²) < 4.78 is 5.25. The van der Waals surface area contributed by atoms with Gasteiger partial charge >= 0.3 is 0 Å². The first-order valence-corrected chi connectivity index (χ1v) is 8.43. The van der Waals surface area contributed by atoms with E-state index in [9.17, 15) is 9.90 Å². The molecule has 1 amide bonds. The van der Waals surface area contributed by atoms with Crippen LogP contribution in [0.25, 0.3) is 0 Å². The van der Waals surface area contributed by atoms with Crippen LogP contribution in [0.1, 0.15) is 18.4 Å². The zero-order valence-electron chi connectivity index (χ0n) is 13.5. The normalized spacial score (nSPS) is 21.6. The Balaban J connectivity index is 1.40. The summed E-state index contributed by atoms with van der Waals surface area (Å²) in [6, 6.07) is 10.0. The lowest BCUT2D eigenvalue weighted by molar-refractivity contribution is -0.151. The molecule has 0 spiro atoms. The molecule has 1 aromatic rings. The molecule has 126 valence electrons. The maximum Gasteiger partial charge on any atom is 0.223 e. The molecule has 2 N–H and O–H groups in total. The van der Waals surface area contributed by atoms with Crippen LogP contribution in [-0.2, 0) is 16.1 Å². The molecule has 5 heteroatoms. The Kier molecular flexibility index (Phi) is 5.30. The monoisotopic (exact) mass is 318 g/mol. The minimum atomic E-state index is -0.0671. The molecule has 2 fully saturated rings. The lowest BCUT2D eigenvalue weighted by Gasteiger charge is -2.44. The number of ether oxygens (including phenoxy) is 1. The largest absolute Gasteiger partial charge is 0.396 e. The van der Waals surface area contributed by atoms with Gasteiger partial charge in [0.1, 0.15) is 0 Å². The Morgan fingerprint density at radius 1 is 1.26 bits per heavy atom. The third kappa shape index (κ3) is 4.10. The predicted molar refractivity (Wildman–Crippen MR) is 87.8 cm³/mol. The van der Waals surface area contributed by atoms with E-state index in [1.165, 1.54) is 0 Å². The quantitative estimate of drug-likeness (QED) is 0.822. The molecule has 3 rings (SSSR count). The molecule has 2 saturated heterocycles. The standard InChI is InChI=1S/C18H26N2O3/c21-12-18(13-23-14-18)11-20-8-6-16(7-9-20)17(22)19-10-15-4-2-1-3-5-15/h1-5,16,21H,6-14H2,(H,19,22). The number of nitrogens with zero attached hydrogens (tertiary/aromatic N) is 1. The van der Waals surface area contributed by atoms with Gasteiger partial charge in [0, 0.05) is 19.0 Å². The highest BCUT2D eigenvalue weighted by Gasteiger charge is 2.40. The van der Waals surface area contributed by atoms with E-state index < -0.39 is 0 Å². The van der Waals surface area contributed by atoms with E-state index in [-0.39, 0.29) is 23.8 Å². The highest BCUT2D eigenvalue weighted by atomic mass is 16.5. The van der Waals surface area contributed by atoms with Gasteiger partial charge in [-0.05, 0) is 31.5 Å². The number of aliphatic hydroxyl groups is 1. The van der Waals surface area contributed by atoms with Crippen LogP contribution in [0.2, 0.25) is 0 Å². The molecule has 0 unspecified atom stereocenters. The van der Waals surface area contributed by atoms with Crippen molar-refractivity contribution in [3.8, 4) is 0 Å². The van der Waals surface area contributed by atoms with Crippen molar-refractivity contribution in [3.63, 3.8) is 0 Å². The van der Waals surface area contributed by atoms with E-state index in [0.717, 1.165) is 38.0 Å². The van der Waals surface area contributed by atoms with E-state index in [1.807, 2.05) is 30.3 Å². The van der Waals surface area contributed by atoms with E-state index in [0.29, 0.717) is 19.8 Å². The smallest absolute Gasteiger partial charge is 0.223 e. The summed E-state index contributed by atoms with van der Waals surface area (Å²) in [6.07, 6.45) is 1.78. The van der Waals surface area contributed by atoms with E-state index in [4.69, 9.17) is 4.74 Å². The van der Waals surface area contributed by atoms with Crippen LogP contribution >= 0.6 is 0 Å². The summed E-state index contributed by atoms with van der Waals surface area (Å²) in [5, 5.41) is 12.6. The van der Waals surface area contributed by atoms with Crippen molar-refractivity contribution >= 4 is 5.91 Å². The summed E-state index contributed by atoms with van der Waals surface area (Å²) >= 11 is 0. The average Bonchev–Trinajstić information content (AvgIpc) is 2.57. The van der Waals surface area contributed by atoms with Crippen LogP contribution in [-0.4, -0.2) is 55.4 Å². The number of carbonyl (C=O) groups excluding carboxylic acids is 1. The third-order valence-corrected chi connectivity index (χ3v) is 4.98. The third-order valence-electron chi connectivity index (χ3n) is 4.98. The molecular formula is C18H26N2O3. The molecule has 2 aliphatic rings. The highest BCUT2D eigenvalue weighted by Crippen LogP contribution is 2.29. The number of amides is 1. The molecule has 0 aliphatic carbocycles. The SMILES string of the molecule is O=C(NCc1ccccc1)C1CCN(CC2(CO)COC2)CC1. The first-order valence-electron chi connectivity index (χ1n) is 8.43. The number of rotatable bonds is 6. The summed E-state index contributed by atoms with van der Waals surface area (Å²) in [6.45, 7) is 4.82. The molecule has 2 heterocycles. The van der Waals surface area contributed by atoms with Crippen molar-refractivity contribution in [2.24, 2.45) is 11.3 Å². The minimum absolute atomic E-state index is 0.0671. The molecule has 2 aliphatic heterocycles. The second-order valence-electron chi connectivity index (χ2n) is 6.90. The molecule has 0 bridgehead atoms. The maximum atomic E-state index is 12.3. The fourth-order valence-corrected chi connectivity index (χ4v) is 3.38. The molecule has 0 radical (unpaired) electrons. The van der Waals surface area contributed by atoms with E-state index in [1.54, 1.807) is 0 Å². The fourth-order valence-electron chi connectivity index (χ4n) is 3.38. The van der Waals surface area contributed by atoms with Crippen LogP contribution in [0.5, 0.6) is 0 Å². The van der Waals surface area contributed by atoms with Gasteiger partial charge in [0.2, 0.25) is 5.91 Å². The van der Waals surface area contributed by atoms with Crippen LogP contribution in [0, 0.1) is 11.3 Å². The number of hydrogen-bond donors (Lipinski definition) is 2. The highest BCUT2D eigenvalue weighted by molar-refractivity contribution is 5.78. The van der Waals surface area contributed by atoms with Gasteiger partial charge in [-0.2, -0.15) is 0 Å². The Hall–Kier alpha value is -1.43. The molecule has 0 atom stereocenters. The van der Waals surface area contributed by atoms with E-state index in [2.05, 4.69) is 10.2 Å². The average molecular weight is 318 g/mol. The van der Waals surface area contributed by atoms with Crippen molar-refractivity contribution in [2.45, 2.75) is 19.4 Å². The van der Waals surface area contributed by atoms with Gasteiger partial charge < -0.3 is 20.1 Å². The lowest BCUT2D eigenvalue weighted by Crippen LogP contribution is -2.54. The Bertz CT molecular complexity index is 503. The topological polar surface area (TPSA) is 61.8 Å². The van der Waals surface area contributed by atoms with Gasteiger partial charge in [0.05, 0.1) is 25.2 Å².